The Morgan fingerprint density at radius 1 is 1.11 bits per heavy atom. The lowest BCUT2D eigenvalue weighted by Gasteiger charge is -2.41. The summed E-state index contributed by atoms with van der Waals surface area (Å²) in [5.41, 5.74) is 0.402. The lowest BCUT2D eigenvalue weighted by Crippen LogP contribution is -2.56. The van der Waals surface area contributed by atoms with Crippen LogP contribution in [0.25, 0.3) is 0 Å². The quantitative estimate of drug-likeness (QED) is 0.644. The van der Waals surface area contributed by atoms with Gasteiger partial charge in [-0.3, -0.25) is 19.4 Å². The van der Waals surface area contributed by atoms with Crippen molar-refractivity contribution in [2.75, 3.05) is 33.8 Å². The van der Waals surface area contributed by atoms with E-state index in [9.17, 15) is 22.8 Å². The van der Waals surface area contributed by atoms with Gasteiger partial charge in [-0.1, -0.05) is 6.07 Å². The van der Waals surface area contributed by atoms with E-state index in [1.165, 1.54) is 13.2 Å². The minimum Gasteiger partial charge on any atom is -0.494 e. The fraction of sp³-hybridized carbons (Fsp3) is 0.704. The first-order valence-corrected chi connectivity index (χ1v) is 13.3. The van der Waals surface area contributed by atoms with Crippen LogP contribution in [-0.4, -0.2) is 89.9 Å². The zero-order chi connectivity index (χ0) is 26.4. The Morgan fingerprint density at radius 2 is 1.81 bits per heavy atom. The van der Waals surface area contributed by atoms with E-state index in [2.05, 4.69) is 15.1 Å². The van der Waals surface area contributed by atoms with E-state index >= 15 is 0 Å². The lowest BCUT2D eigenvalue weighted by molar-refractivity contribution is -0.135. The number of carbonyl (C=O) groups is 2. The molecule has 5 rings (SSSR count). The van der Waals surface area contributed by atoms with Crippen molar-refractivity contribution < 1.29 is 27.5 Å². The van der Waals surface area contributed by atoms with E-state index in [-0.39, 0.29) is 48.9 Å². The number of carbonyl (C=O) groups excluding carboxylic acids is 2. The molecule has 0 radical (unpaired) electrons. The molecule has 2 amide bonds. The van der Waals surface area contributed by atoms with Crippen molar-refractivity contribution in [3.63, 3.8) is 0 Å². The number of piperidine rings is 1. The Morgan fingerprint density at radius 3 is 2.49 bits per heavy atom. The highest BCUT2D eigenvalue weighted by molar-refractivity contribution is 5.92. The van der Waals surface area contributed by atoms with E-state index < -0.39 is 23.3 Å². The summed E-state index contributed by atoms with van der Waals surface area (Å²) in [5, 5.41) is 3.24. The van der Waals surface area contributed by atoms with Crippen LogP contribution in [0.3, 0.4) is 0 Å². The maximum absolute atomic E-state index is 13.7. The first kappa shape index (κ1) is 26.3. The van der Waals surface area contributed by atoms with E-state index in [1.807, 2.05) is 7.05 Å². The molecule has 7 nitrogen and oxygen atoms in total. The smallest absolute Gasteiger partial charge is 0.248 e. The van der Waals surface area contributed by atoms with Crippen LogP contribution in [0.1, 0.15) is 56.9 Å². The second kappa shape index (κ2) is 10.1. The van der Waals surface area contributed by atoms with Crippen molar-refractivity contribution in [3.8, 4) is 5.75 Å². The van der Waals surface area contributed by atoms with Crippen LogP contribution < -0.4 is 10.1 Å². The number of likely N-dealkylation sites (tertiary alicyclic amines) is 1. The summed E-state index contributed by atoms with van der Waals surface area (Å²) in [7, 11) is 3.39. The Bertz CT molecular complexity index is 992. The van der Waals surface area contributed by atoms with Crippen molar-refractivity contribution in [2.45, 2.75) is 87.5 Å². The molecular weight excluding hydrogens is 485 g/mol. The zero-order valence-electron chi connectivity index (χ0n) is 21.6. The number of halogens is 3. The summed E-state index contributed by atoms with van der Waals surface area (Å²) < 4.78 is 46.1. The van der Waals surface area contributed by atoms with Gasteiger partial charge in [-0.05, 0) is 56.8 Å². The first-order valence-electron chi connectivity index (χ1n) is 13.3. The third kappa shape index (κ3) is 5.46. The average molecular weight is 523 g/mol. The van der Waals surface area contributed by atoms with Gasteiger partial charge in [0, 0.05) is 51.1 Å². The molecule has 3 aliphatic heterocycles. The molecule has 204 valence electrons. The molecule has 0 aromatic heterocycles. The fourth-order valence-corrected chi connectivity index (χ4v) is 6.64. The Labute approximate surface area is 216 Å². The molecule has 0 bridgehead atoms. The van der Waals surface area contributed by atoms with Gasteiger partial charge in [0.15, 0.2) is 11.6 Å². The molecule has 1 aromatic carbocycles. The van der Waals surface area contributed by atoms with Crippen LogP contribution in [0.2, 0.25) is 0 Å². The zero-order valence-corrected chi connectivity index (χ0v) is 21.6. The monoisotopic (exact) mass is 522 g/mol. The Balaban J connectivity index is 1.18. The maximum atomic E-state index is 13.7. The predicted molar refractivity (Wildman–Crippen MR) is 132 cm³/mol. The number of hydrogen-bond acceptors (Lipinski definition) is 5. The molecule has 1 N–H and O–H groups in total. The summed E-state index contributed by atoms with van der Waals surface area (Å²) in [6.45, 7) is 2.55. The summed E-state index contributed by atoms with van der Waals surface area (Å²) in [4.78, 5) is 32.8. The molecule has 1 aliphatic carbocycles. The second-order valence-electron chi connectivity index (χ2n) is 11.4. The Hall–Kier alpha value is -2.33. The maximum Gasteiger partial charge on any atom is 0.248 e. The predicted octanol–water partition coefficient (Wildman–Crippen LogP) is 3.17. The van der Waals surface area contributed by atoms with Crippen LogP contribution in [-0.2, 0) is 16.1 Å². The SMILES string of the molecule is COc1cc(CN2CCC3(CC2)CC(=O)N2C[C@@H](N(C)C4CCC(F)(F)CC4)C[C@H]2C(=O)N3)ccc1F. The van der Waals surface area contributed by atoms with E-state index in [4.69, 9.17) is 4.74 Å². The number of nitrogens with one attached hydrogen (secondary N) is 1. The first-order chi connectivity index (χ1) is 17.6. The number of ether oxygens (including phenoxy) is 1. The van der Waals surface area contributed by atoms with Gasteiger partial charge in [-0.25, -0.2) is 13.2 Å². The second-order valence-corrected chi connectivity index (χ2v) is 11.4. The molecule has 37 heavy (non-hydrogen) atoms. The number of alkyl halides is 2. The number of methoxy groups -OCH3 is 1. The van der Waals surface area contributed by atoms with Gasteiger partial charge in [-0.2, -0.15) is 0 Å². The molecule has 3 saturated heterocycles. The summed E-state index contributed by atoms with van der Waals surface area (Å²) >= 11 is 0. The lowest BCUT2D eigenvalue weighted by atomic mass is 9.83. The molecule has 0 unspecified atom stereocenters. The van der Waals surface area contributed by atoms with Gasteiger partial charge in [0.2, 0.25) is 17.7 Å². The molecular formula is C27H37F3N4O3. The third-order valence-electron chi connectivity index (χ3n) is 9.05. The van der Waals surface area contributed by atoms with Crippen LogP contribution >= 0.6 is 0 Å². The van der Waals surface area contributed by atoms with Crippen LogP contribution in [0.15, 0.2) is 18.2 Å². The van der Waals surface area contributed by atoms with Crippen LogP contribution in [0.4, 0.5) is 13.2 Å². The summed E-state index contributed by atoms with van der Waals surface area (Å²) in [6, 6.07) is 4.42. The number of benzene rings is 1. The van der Waals surface area contributed by atoms with Gasteiger partial charge in [0.05, 0.1) is 19.1 Å². The van der Waals surface area contributed by atoms with Gasteiger partial charge >= 0.3 is 0 Å². The normalized spacial score (nSPS) is 28.3. The Kier molecular flexibility index (Phi) is 7.17. The molecule has 1 aromatic rings. The van der Waals surface area contributed by atoms with E-state index in [0.29, 0.717) is 45.2 Å². The van der Waals surface area contributed by atoms with Crippen LogP contribution in [0, 0.1) is 5.82 Å². The standard InChI is InChI=1S/C27H37F3N4O3/c1-32(19-5-7-27(29,30)8-6-19)20-14-22-25(36)31-26(15-24(35)34(22)17-20)9-11-33(12-10-26)16-18-3-4-21(28)23(13-18)37-2/h3-4,13,19-20,22H,5-12,14-17H2,1-2H3,(H,31,36)/t20-,22-/m0/s1. The van der Waals surface area contributed by atoms with Gasteiger partial charge in [-0.15, -0.1) is 0 Å². The summed E-state index contributed by atoms with van der Waals surface area (Å²) in [6.07, 6.45) is 2.83. The van der Waals surface area contributed by atoms with Crippen molar-refractivity contribution in [3.05, 3.63) is 29.6 Å². The highest BCUT2D eigenvalue weighted by atomic mass is 19.3. The minimum atomic E-state index is -2.58. The molecule has 4 fully saturated rings. The number of likely N-dealkylation sites (N-methyl/N-ethyl adjacent to an activating group) is 1. The molecule has 3 heterocycles. The van der Waals surface area contributed by atoms with Crippen molar-refractivity contribution in [1.29, 1.82) is 0 Å². The molecule has 1 saturated carbocycles. The van der Waals surface area contributed by atoms with Gasteiger partial charge < -0.3 is 15.0 Å². The fourth-order valence-electron chi connectivity index (χ4n) is 6.64. The molecule has 10 heteroatoms. The van der Waals surface area contributed by atoms with Gasteiger partial charge in [0.25, 0.3) is 0 Å². The largest absolute Gasteiger partial charge is 0.494 e. The van der Waals surface area contributed by atoms with Gasteiger partial charge in [0.1, 0.15) is 6.04 Å². The minimum absolute atomic E-state index is 0.0000189. The topological polar surface area (TPSA) is 65.1 Å². The van der Waals surface area contributed by atoms with E-state index in [0.717, 1.165) is 18.7 Å². The van der Waals surface area contributed by atoms with Crippen molar-refractivity contribution in [2.24, 2.45) is 0 Å². The number of fused-ring (bicyclic) bond motifs is 1. The molecule has 1 spiro atoms. The number of nitrogens with zero attached hydrogens (tertiary/aromatic N) is 3. The number of amides is 2. The van der Waals surface area contributed by atoms with Crippen molar-refractivity contribution in [1.82, 2.24) is 20.0 Å². The van der Waals surface area contributed by atoms with Crippen LogP contribution in [0.5, 0.6) is 5.75 Å². The van der Waals surface area contributed by atoms with Crippen molar-refractivity contribution >= 4 is 11.8 Å². The molecule has 2 atom stereocenters. The highest BCUT2D eigenvalue weighted by Gasteiger charge is 2.50. The average Bonchev–Trinajstić information content (AvgIpc) is 3.29. The number of rotatable bonds is 5. The highest BCUT2D eigenvalue weighted by Crippen LogP contribution is 2.38. The molecule has 4 aliphatic rings. The summed E-state index contributed by atoms with van der Waals surface area (Å²) in [5.74, 6) is -2.86. The number of hydrogen-bond donors (Lipinski definition) is 1. The third-order valence-corrected chi connectivity index (χ3v) is 9.05. The van der Waals surface area contributed by atoms with E-state index in [1.54, 1.807) is 17.0 Å².